The van der Waals surface area contributed by atoms with Gasteiger partial charge in [-0.25, -0.2) is 14.6 Å². The number of methoxy groups -OCH3 is 1. The lowest BCUT2D eigenvalue weighted by molar-refractivity contribution is 0.144. The molecule has 1 saturated heterocycles. The van der Waals surface area contributed by atoms with Crippen molar-refractivity contribution >= 4 is 16.9 Å². The highest BCUT2D eigenvalue weighted by atomic mass is 16.5. The first-order valence-corrected chi connectivity index (χ1v) is 7.83. The molecule has 0 atom stereocenters. The van der Waals surface area contributed by atoms with Gasteiger partial charge in [-0.1, -0.05) is 0 Å². The van der Waals surface area contributed by atoms with Gasteiger partial charge < -0.3 is 9.64 Å². The summed E-state index contributed by atoms with van der Waals surface area (Å²) in [5.41, 5.74) is 0.798. The zero-order valence-electron chi connectivity index (χ0n) is 13.4. The summed E-state index contributed by atoms with van der Waals surface area (Å²) < 4.78 is 6.92. The number of piperazine rings is 1. The number of fused-ring (bicyclic) bond motifs is 1. The van der Waals surface area contributed by atoms with E-state index < -0.39 is 0 Å². The van der Waals surface area contributed by atoms with Crippen LogP contribution in [0.5, 0.6) is 0 Å². The van der Waals surface area contributed by atoms with E-state index in [0.29, 0.717) is 13.0 Å². The molecule has 3 rings (SSSR count). The van der Waals surface area contributed by atoms with Crippen LogP contribution in [0.4, 0.5) is 5.82 Å². The summed E-state index contributed by atoms with van der Waals surface area (Å²) in [5.74, 6) is 0.935. The highest BCUT2D eigenvalue weighted by molar-refractivity contribution is 5.86. The van der Waals surface area contributed by atoms with E-state index in [4.69, 9.17) is 10.00 Å². The molecule has 2 aromatic rings. The van der Waals surface area contributed by atoms with Crippen LogP contribution in [0.15, 0.2) is 12.5 Å². The van der Waals surface area contributed by atoms with Crippen LogP contribution in [-0.4, -0.2) is 71.1 Å². The van der Waals surface area contributed by atoms with Crippen molar-refractivity contribution in [3.05, 3.63) is 12.5 Å². The van der Waals surface area contributed by atoms with Crippen molar-refractivity contribution in [2.24, 2.45) is 0 Å². The molecular weight excluding hydrogens is 294 g/mol. The Labute approximate surface area is 135 Å². The number of ether oxygens (including phenoxy) is 1. The zero-order chi connectivity index (χ0) is 16.1. The monoisotopic (exact) mass is 315 g/mol. The quantitative estimate of drug-likeness (QED) is 0.768. The van der Waals surface area contributed by atoms with Gasteiger partial charge in [0.25, 0.3) is 0 Å². The Balaban J connectivity index is 1.74. The maximum absolute atomic E-state index is 8.74. The van der Waals surface area contributed by atoms with Crippen molar-refractivity contribution in [2.45, 2.75) is 13.0 Å². The topological polar surface area (TPSA) is 83.1 Å². The molecule has 23 heavy (non-hydrogen) atoms. The molecule has 0 bridgehead atoms. The van der Waals surface area contributed by atoms with Crippen molar-refractivity contribution in [3.63, 3.8) is 0 Å². The lowest BCUT2D eigenvalue weighted by atomic mass is 10.3. The van der Waals surface area contributed by atoms with E-state index in [1.54, 1.807) is 24.3 Å². The number of nitrogens with zero attached hydrogens (tertiary/aromatic N) is 7. The number of aromatic nitrogens is 4. The molecule has 1 aliphatic heterocycles. The molecule has 1 aliphatic rings. The Hall–Kier alpha value is -2.24. The van der Waals surface area contributed by atoms with Gasteiger partial charge in [-0.05, 0) is 0 Å². The average molecular weight is 315 g/mol. The van der Waals surface area contributed by atoms with Crippen LogP contribution in [0, 0.1) is 11.3 Å². The fourth-order valence-electron chi connectivity index (χ4n) is 2.86. The third kappa shape index (κ3) is 3.41. The van der Waals surface area contributed by atoms with Crippen molar-refractivity contribution in [2.75, 3.05) is 51.3 Å². The minimum Gasteiger partial charge on any atom is -0.383 e. The molecule has 122 valence electrons. The smallest absolute Gasteiger partial charge is 0.163 e. The van der Waals surface area contributed by atoms with Gasteiger partial charge in [0.05, 0.1) is 37.2 Å². The Morgan fingerprint density at radius 2 is 2.04 bits per heavy atom. The highest BCUT2D eigenvalue weighted by Gasteiger charge is 2.20. The third-order valence-corrected chi connectivity index (χ3v) is 4.13. The molecule has 8 heteroatoms. The molecule has 1 fully saturated rings. The molecule has 8 nitrogen and oxygen atoms in total. The first-order valence-electron chi connectivity index (χ1n) is 7.83. The van der Waals surface area contributed by atoms with Crippen LogP contribution in [0.25, 0.3) is 11.0 Å². The SMILES string of the molecule is COCCN1CCN(c2ncnc3c2cnn3CCC#N)CC1. The molecule has 3 heterocycles. The summed E-state index contributed by atoms with van der Waals surface area (Å²) in [6.45, 7) is 6.15. The standard InChI is InChI=1S/C15H21N7O/c1-23-10-9-20-5-7-21(8-6-20)14-13-11-19-22(4-2-3-16)15(13)18-12-17-14/h11-12H,2,4-10H2,1H3. The molecule has 0 saturated carbocycles. The van der Waals surface area contributed by atoms with Gasteiger partial charge in [-0.15, -0.1) is 0 Å². The van der Waals surface area contributed by atoms with Crippen LogP contribution in [0.1, 0.15) is 6.42 Å². The molecule has 2 aromatic heterocycles. The molecule has 0 radical (unpaired) electrons. The molecular formula is C15H21N7O. The summed E-state index contributed by atoms with van der Waals surface area (Å²) in [6, 6.07) is 2.14. The minimum atomic E-state index is 0.425. The molecule has 0 spiro atoms. The molecule has 0 aliphatic carbocycles. The highest BCUT2D eigenvalue weighted by Crippen LogP contribution is 2.23. The van der Waals surface area contributed by atoms with Crippen LogP contribution < -0.4 is 4.90 Å². The lowest BCUT2D eigenvalue weighted by Crippen LogP contribution is -2.47. The summed E-state index contributed by atoms with van der Waals surface area (Å²) >= 11 is 0. The van der Waals surface area contributed by atoms with Crippen LogP contribution in [0.3, 0.4) is 0 Å². The lowest BCUT2D eigenvalue weighted by Gasteiger charge is -2.35. The van der Waals surface area contributed by atoms with E-state index in [1.807, 2.05) is 0 Å². The zero-order valence-corrected chi connectivity index (χ0v) is 13.4. The first-order chi connectivity index (χ1) is 11.3. The maximum atomic E-state index is 8.74. The van der Waals surface area contributed by atoms with Crippen LogP contribution >= 0.6 is 0 Å². The van der Waals surface area contributed by atoms with Gasteiger partial charge in [-0.2, -0.15) is 10.4 Å². The third-order valence-electron chi connectivity index (χ3n) is 4.13. The van der Waals surface area contributed by atoms with Crippen molar-refractivity contribution in [1.82, 2.24) is 24.6 Å². The van der Waals surface area contributed by atoms with E-state index in [1.165, 1.54) is 0 Å². The molecule has 0 unspecified atom stereocenters. The predicted octanol–water partition coefficient (Wildman–Crippen LogP) is 0.508. The first kappa shape index (κ1) is 15.6. The van der Waals surface area contributed by atoms with E-state index in [9.17, 15) is 0 Å². The number of aryl methyl sites for hydroxylation is 1. The minimum absolute atomic E-state index is 0.425. The van der Waals surface area contributed by atoms with Gasteiger partial charge in [-0.3, -0.25) is 4.90 Å². The van der Waals surface area contributed by atoms with Gasteiger partial charge in [0.15, 0.2) is 5.65 Å². The summed E-state index contributed by atoms with van der Waals surface area (Å²) in [4.78, 5) is 13.5. The number of hydrogen-bond donors (Lipinski definition) is 0. The Morgan fingerprint density at radius 3 is 2.78 bits per heavy atom. The summed E-state index contributed by atoms with van der Waals surface area (Å²) in [7, 11) is 1.73. The second-order valence-corrected chi connectivity index (χ2v) is 5.53. The second kappa shape index (κ2) is 7.35. The maximum Gasteiger partial charge on any atom is 0.163 e. The predicted molar refractivity (Wildman–Crippen MR) is 86.1 cm³/mol. The van der Waals surface area contributed by atoms with Gasteiger partial charge in [0.2, 0.25) is 0 Å². The van der Waals surface area contributed by atoms with Gasteiger partial charge >= 0.3 is 0 Å². The van der Waals surface area contributed by atoms with E-state index in [2.05, 4.69) is 30.9 Å². The second-order valence-electron chi connectivity index (χ2n) is 5.53. The van der Waals surface area contributed by atoms with E-state index >= 15 is 0 Å². The normalized spacial score (nSPS) is 15.9. The number of anilines is 1. The summed E-state index contributed by atoms with van der Waals surface area (Å²) in [6.07, 6.45) is 3.81. The number of rotatable bonds is 6. The molecule has 0 aromatic carbocycles. The van der Waals surface area contributed by atoms with Crippen LogP contribution in [0.2, 0.25) is 0 Å². The van der Waals surface area contributed by atoms with E-state index in [-0.39, 0.29) is 0 Å². The fraction of sp³-hybridized carbons (Fsp3) is 0.600. The molecule has 0 N–H and O–H groups in total. The van der Waals surface area contributed by atoms with Gasteiger partial charge in [0.1, 0.15) is 12.1 Å². The van der Waals surface area contributed by atoms with Crippen molar-refractivity contribution < 1.29 is 4.74 Å². The van der Waals surface area contributed by atoms with Crippen molar-refractivity contribution in [3.8, 4) is 6.07 Å². The number of nitriles is 1. The Kier molecular flexibility index (Phi) is 5.00. The fourth-order valence-corrected chi connectivity index (χ4v) is 2.86. The summed E-state index contributed by atoms with van der Waals surface area (Å²) in [5, 5.41) is 14.0. The Morgan fingerprint density at radius 1 is 1.22 bits per heavy atom. The molecule has 0 amide bonds. The van der Waals surface area contributed by atoms with E-state index in [0.717, 1.165) is 56.2 Å². The van der Waals surface area contributed by atoms with Gasteiger partial charge in [0, 0.05) is 39.8 Å². The Bertz CT molecular complexity index is 685. The van der Waals surface area contributed by atoms with Crippen LogP contribution in [-0.2, 0) is 11.3 Å². The van der Waals surface area contributed by atoms with Crippen molar-refractivity contribution in [1.29, 1.82) is 5.26 Å². The number of hydrogen-bond acceptors (Lipinski definition) is 7. The largest absolute Gasteiger partial charge is 0.383 e. The average Bonchev–Trinajstić information content (AvgIpc) is 3.02.